The first kappa shape index (κ1) is 19.4. The number of carbonyl (C=O) groups is 2. The zero-order valence-corrected chi connectivity index (χ0v) is 15.5. The molecule has 7 nitrogen and oxygen atoms in total. The van der Waals surface area contributed by atoms with E-state index < -0.39 is 17.9 Å². The average molecular weight is 400 g/mol. The van der Waals surface area contributed by atoms with Crippen molar-refractivity contribution < 1.29 is 19.4 Å². The summed E-state index contributed by atoms with van der Waals surface area (Å²) in [4.78, 5) is 28.2. The number of phenolic OH excluding ortho intramolecular Hbond substituents is 1. The molecule has 0 bridgehead atoms. The van der Waals surface area contributed by atoms with Gasteiger partial charge < -0.3 is 20.9 Å². The van der Waals surface area contributed by atoms with Crippen LogP contribution in [0.3, 0.4) is 0 Å². The van der Waals surface area contributed by atoms with Gasteiger partial charge in [0.15, 0.2) is 6.61 Å². The third-order valence-electron chi connectivity index (χ3n) is 4.09. The van der Waals surface area contributed by atoms with E-state index in [1.54, 1.807) is 42.6 Å². The summed E-state index contributed by atoms with van der Waals surface area (Å²) in [5.74, 6) is -0.647. The minimum Gasteiger partial charge on any atom is -0.508 e. The molecule has 3 aromatic rings. The molecule has 1 heterocycles. The standard InChI is InChI=1S/C20H18ClN3O4/c21-15-7-8-17(19-14(15)2-1-9-23-19)28-11-18(26)24-16(20(22)27)10-12-3-5-13(25)6-4-12/h1-9,16,25H,10-11H2,(H2,22,27)(H,24,26). The Morgan fingerprint density at radius 3 is 2.64 bits per heavy atom. The number of aromatic nitrogens is 1. The van der Waals surface area contributed by atoms with Crippen LogP contribution in [0.25, 0.3) is 10.9 Å². The van der Waals surface area contributed by atoms with E-state index in [1.807, 2.05) is 0 Å². The molecule has 1 unspecified atom stereocenters. The molecule has 0 aliphatic heterocycles. The fraction of sp³-hybridized carbons (Fsp3) is 0.150. The van der Waals surface area contributed by atoms with E-state index in [0.717, 1.165) is 5.56 Å². The lowest BCUT2D eigenvalue weighted by atomic mass is 10.1. The maximum atomic E-state index is 12.2. The molecular weight excluding hydrogens is 382 g/mol. The van der Waals surface area contributed by atoms with Crippen LogP contribution in [0.1, 0.15) is 5.56 Å². The summed E-state index contributed by atoms with van der Waals surface area (Å²) < 4.78 is 5.56. The van der Waals surface area contributed by atoms with Gasteiger partial charge in [-0.1, -0.05) is 23.7 Å². The Balaban J connectivity index is 1.65. The molecule has 2 aromatic carbocycles. The molecule has 1 aromatic heterocycles. The van der Waals surface area contributed by atoms with Gasteiger partial charge in [0, 0.05) is 18.0 Å². The van der Waals surface area contributed by atoms with Gasteiger partial charge in [-0.25, -0.2) is 0 Å². The fourth-order valence-corrected chi connectivity index (χ4v) is 2.91. The van der Waals surface area contributed by atoms with E-state index in [-0.39, 0.29) is 18.8 Å². The first-order chi connectivity index (χ1) is 13.4. The molecule has 2 amide bonds. The SMILES string of the molecule is NC(=O)C(Cc1ccc(O)cc1)NC(=O)COc1ccc(Cl)c2cccnc12. The quantitative estimate of drug-likeness (QED) is 0.563. The van der Waals surface area contributed by atoms with Crippen LogP contribution < -0.4 is 15.8 Å². The number of hydrogen-bond donors (Lipinski definition) is 3. The second-order valence-electron chi connectivity index (χ2n) is 6.13. The van der Waals surface area contributed by atoms with E-state index in [2.05, 4.69) is 10.3 Å². The number of carbonyl (C=O) groups excluding carboxylic acids is 2. The zero-order valence-electron chi connectivity index (χ0n) is 14.8. The summed E-state index contributed by atoms with van der Waals surface area (Å²) in [5, 5.41) is 13.1. The van der Waals surface area contributed by atoms with Gasteiger partial charge >= 0.3 is 0 Å². The van der Waals surface area contributed by atoms with Crippen LogP contribution in [0.5, 0.6) is 11.5 Å². The second-order valence-corrected chi connectivity index (χ2v) is 6.53. The molecule has 0 aliphatic carbocycles. The molecule has 0 aliphatic rings. The number of halogens is 1. The third-order valence-corrected chi connectivity index (χ3v) is 4.42. The molecule has 144 valence electrons. The van der Waals surface area contributed by atoms with Gasteiger partial charge in [0.1, 0.15) is 23.1 Å². The van der Waals surface area contributed by atoms with Crippen molar-refractivity contribution >= 4 is 34.3 Å². The molecule has 0 radical (unpaired) electrons. The number of fused-ring (bicyclic) bond motifs is 1. The van der Waals surface area contributed by atoms with E-state index in [1.165, 1.54) is 12.1 Å². The van der Waals surface area contributed by atoms with Crippen LogP contribution in [0, 0.1) is 0 Å². The molecule has 8 heteroatoms. The lowest BCUT2D eigenvalue weighted by Gasteiger charge is -2.16. The topological polar surface area (TPSA) is 115 Å². The van der Waals surface area contributed by atoms with Crippen molar-refractivity contribution in [3.05, 3.63) is 65.3 Å². The van der Waals surface area contributed by atoms with Crippen molar-refractivity contribution in [3.8, 4) is 11.5 Å². The Morgan fingerprint density at radius 2 is 1.93 bits per heavy atom. The van der Waals surface area contributed by atoms with E-state index in [9.17, 15) is 14.7 Å². The van der Waals surface area contributed by atoms with Crippen LogP contribution in [-0.4, -0.2) is 34.6 Å². The number of rotatable bonds is 7. The van der Waals surface area contributed by atoms with Gasteiger partial charge in [0.05, 0.1) is 5.02 Å². The number of ether oxygens (including phenoxy) is 1. The molecule has 4 N–H and O–H groups in total. The van der Waals surface area contributed by atoms with Crippen LogP contribution in [0.4, 0.5) is 0 Å². The maximum Gasteiger partial charge on any atom is 0.258 e. The fourth-order valence-electron chi connectivity index (χ4n) is 2.70. The number of nitrogens with one attached hydrogen (secondary N) is 1. The highest BCUT2D eigenvalue weighted by atomic mass is 35.5. The molecule has 0 fully saturated rings. The third kappa shape index (κ3) is 4.69. The number of aromatic hydroxyl groups is 1. The van der Waals surface area contributed by atoms with Gasteiger partial charge in [0.2, 0.25) is 5.91 Å². The lowest BCUT2D eigenvalue weighted by Crippen LogP contribution is -2.47. The molecule has 0 saturated carbocycles. The molecule has 1 atom stereocenters. The Bertz CT molecular complexity index is 1010. The minimum absolute atomic E-state index is 0.112. The van der Waals surface area contributed by atoms with Crippen molar-refractivity contribution in [2.45, 2.75) is 12.5 Å². The predicted molar refractivity (Wildman–Crippen MR) is 105 cm³/mol. The van der Waals surface area contributed by atoms with Crippen molar-refractivity contribution in [2.24, 2.45) is 5.73 Å². The number of amides is 2. The maximum absolute atomic E-state index is 12.2. The van der Waals surface area contributed by atoms with Crippen LogP contribution in [0.2, 0.25) is 5.02 Å². The summed E-state index contributed by atoms with van der Waals surface area (Å²) in [5.41, 5.74) is 6.68. The highest BCUT2D eigenvalue weighted by Gasteiger charge is 2.19. The molecule has 28 heavy (non-hydrogen) atoms. The summed E-state index contributed by atoms with van der Waals surface area (Å²) in [6, 6.07) is 12.3. The summed E-state index contributed by atoms with van der Waals surface area (Å²) in [6.07, 6.45) is 1.80. The highest BCUT2D eigenvalue weighted by Crippen LogP contribution is 2.29. The number of hydrogen-bond acceptors (Lipinski definition) is 5. The number of phenols is 1. The molecule has 0 spiro atoms. The number of benzene rings is 2. The van der Waals surface area contributed by atoms with E-state index in [4.69, 9.17) is 22.1 Å². The van der Waals surface area contributed by atoms with Crippen molar-refractivity contribution in [2.75, 3.05) is 6.61 Å². The number of nitrogens with zero attached hydrogens (tertiary/aromatic N) is 1. The number of primary amides is 1. The van der Waals surface area contributed by atoms with Crippen LogP contribution in [0.15, 0.2) is 54.7 Å². The second kappa shape index (κ2) is 8.58. The predicted octanol–water partition coefficient (Wildman–Crippen LogP) is 2.19. The molecular formula is C20H18ClN3O4. The summed E-state index contributed by atoms with van der Waals surface area (Å²) >= 11 is 6.14. The highest BCUT2D eigenvalue weighted by molar-refractivity contribution is 6.35. The van der Waals surface area contributed by atoms with Gasteiger partial charge in [-0.3, -0.25) is 14.6 Å². The van der Waals surface area contributed by atoms with Crippen molar-refractivity contribution in [1.82, 2.24) is 10.3 Å². The van der Waals surface area contributed by atoms with E-state index in [0.29, 0.717) is 21.7 Å². The normalized spacial score (nSPS) is 11.8. The van der Waals surface area contributed by atoms with Gasteiger partial charge in [-0.2, -0.15) is 0 Å². The summed E-state index contributed by atoms with van der Waals surface area (Å²) in [6.45, 7) is -0.313. The smallest absolute Gasteiger partial charge is 0.258 e. The van der Waals surface area contributed by atoms with Gasteiger partial charge in [-0.15, -0.1) is 0 Å². The molecule has 0 saturated heterocycles. The number of nitrogens with two attached hydrogens (primary N) is 1. The minimum atomic E-state index is -0.902. The first-order valence-corrected chi connectivity index (χ1v) is 8.84. The monoisotopic (exact) mass is 399 g/mol. The number of pyridine rings is 1. The van der Waals surface area contributed by atoms with Crippen molar-refractivity contribution in [3.63, 3.8) is 0 Å². The van der Waals surface area contributed by atoms with E-state index >= 15 is 0 Å². The first-order valence-electron chi connectivity index (χ1n) is 8.46. The average Bonchev–Trinajstić information content (AvgIpc) is 2.69. The molecule has 3 rings (SSSR count). The lowest BCUT2D eigenvalue weighted by molar-refractivity contribution is -0.128. The Kier molecular flexibility index (Phi) is 5.96. The van der Waals surface area contributed by atoms with Gasteiger partial charge in [0.25, 0.3) is 5.91 Å². The Morgan fingerprint density at radius 1 is 1.18 bits per heavy atom. The Labute approximate surface area is 166 Å². The zero-order chi connectivity index (χ0) is 20.1. The van der Waals surface area contributed by atoms with Crippen LogP contribution in [-0.2, 0) is 16.0 Å². The van der Waals surface area contributed by atoms with Crippen molar-refractivity contribution in [1.29, 1.82) is 0 Å². The van der Waals surface area contributed by atoms with Gasteiger partial charge in [-0.05, 0) is 42.0 Å². The largest absolute Gasteiger partial charge is 0.508 e. The summed E-state index contributed by atoms with van der Waals surface area (Å²) in [7, 11) is 0. The Hall–Kier alpha value is -3.32. The van der Waals surface area contributed by atoms with Crippen LogP contribution >= 0.6 is 11.6 Å².